The average molecular weight is 198 g/mol. The van der Waals surface area contributed by atoms with Gasteiger partial charge in [-0.2, -0.15) is 5.06 Å². The van der Waals surface area contributed by atoms with Crippen LogP contribution in [-0.2, 0) is 9.88 Å². The minimum atomic E-state index is 0.726. The molecule has 0 spiro atoms. The Kier molecular flexibility index (Phi) is 2.22. The number of hydrogen-bond acceptors (Lipinski definition) is 3. The molecule has 0 unspecified atom stereocenters. The molecule has 0 saturated heterocycles. The lowest BCUT2D eigenvalue weighted by molar-refractivity contribution is -0.362. The molecule has 1 aromatic carbocycles. The van der Waals surface area contributed by atoms with Crippen LogP contribution in [0.1, 0.15) is 5.56 Å². The maximum Gasteiger partial charge on any atom is 0.0980 e. The van der Waals surface area contributed by atoms with Gasteiger partial charge in [-0.25, -0.2) is 4.89 Å². The van der Waals surface area contributed by atoms with Gasteiger partial charge in [0.05, 0.1) is 19.0 Å². The van der Waals surface area contributed by atoms with E-state index in [0.717, 1.165) is 16.3 Å². The van der Waals surface area contributed by atoms with Crippen molar-refractivity contribution in [3.63, 3.8) is 0 Å². The molecule has 1 aromatic rings. The van der Waals surface area contributed by atoms with Crippen molar-refractivity contribution in [2.45, 2.75) is 0 Å². The van der Waals surface area contributed by atoms with Crippen LogP contribution in [-0.4, -0.2) is 12.2 Å². The third kappa shape index (κ3) is 1.83. The van der Waals surface area contributed by atoms with Gasteiger partial charge in [0.2, 0.25) is 0 Å². The molecule has 0 fully saturated rings. The summed E-state index contributed by atoms with van der Waals surface area (Å²) in [4.78, 5) is 9.25. The molecule has 0 bridgehead atoms. The third-order valence-corrected chi connectivity index (χ3v) is 1.96. The highest BCUT2D eigenvalue weighted by Crippen LogP contribution is 2.32. The van der Waals surface area contributed by atoms with Gasteiger partial charge in [0, 0.05) is 10.6 Å². The van der Waals surface area contributed by atoms with Crippen molar-refractivity contribution in [3.05, 3.63) is 41.1 Å². The zero-order valence-corrected chi connectivity index (χ0v) is 7.78. The Morgan fingerprint density at radius 2 is 1.92 bits per heavy atom. The highest BCUT2D eigenvalue weighted by atomic mass is 35.5. The monoisotopic (exact) mass is 197 g/mol. The molecule has 1 aliphatic rings. The minimum Gasteiger partial charge on any atom is -0.216 e. The number of nitrogens with zero attached hydrogens (tertiary/aromatic N) is 1. The molecule has 0 amide bonds. The Morgan fingerprint density at radius 1 is 1.23 bits per heavy atom. The van der Waals surface area contributed by atoms with Crippen molar-refractivity contribution in [3.8, 4) is 0 Å². The van der Waals surface area contributed by atoms with E-state index in [2.05, 4.69) is 4.89 Å². The van der Waals surface area contributed by atoms with Gasteiger partial charge in [-0.3, -0.25) is 0 Å². The van der Waals surface area contributed by atoms with Crippen LogP contribution in [0.3, 0.4) is 0 Å². The highest BCUT2D eigenvalue weighted by molar-refractivity contribution is 6.30. The summed E-state index contributed by atoms with van der Waals surface area (Å²) in [5.41, 5.74) is 2.04. The van der Waals surface area contributed by atoms with Crippen LogP contribution in [0.25, 0.3) is 5.70 Å². The highest BCUT2D eigenvalue weighted by Gasteiger charge is 2.24. The van der Waals surface area contributed by atoms with E-state index in [0.29, 0.717) is 0 Å². The van der Waals surface area contributed by atoms with Crippen LogP contribution in [0.15, 0.2) is 30.5 Å². The number of benzene rings is 1. The summed E-state index contributed by atoms with van der Waals surface area (Å²) in [6.07, 6.45) is 1.83. The van der Waals surface area contributed by atoms with E-state index in [4.69, 9.17) is 16.6 Å². The summed E-state index contributed by atoms with van der Waals surface area (Å²) < 4.78 is 0. The predicted octanol–water partition coefficient (Wildman–Crippen LogP) is 2.45. The van der Waals surface area contributed by atoms with Gasteiger partial charge in [0.1, 0.15) is 0 Å². The topological polar surface area (TPSA) is 21.5 Å². The largest absolute Gasteiger partial charge is 0.216 e. The quantitative estimate of drug-likeness (QED) is 0.549. The van der Waals surface area contributed by atoms with Crippen LogP contribution < -0.4 is 0 Å². The number of rotatable bonds is 3. The number of hydrogen-bond donors (Lipinski definition) is 0. The summed E-state index contributed by atoms with van der Waals surface area (Å²) in [6, 6.07) is 7.52. The molecule has 0 saturated carbocycles. The van der Waals surface area contributed by atoms with Gasteiger partial charge >= 0.3 is 0 Å². The lowest BCUT2D eigenvalue weighted by Gasteiger charge is -2.02. The zero-order chi connectivity index (χ0) is 9.26. The Bertz CT molecular complexity index is 334. The van der Waals surface area contributed by atoms with Gasteiger partial charge in [0.15, 0.2) is 0 Å². The second-order valence-electron chi connectivity index (χ2n) is 2.59. The van der Waals surface area contributed by atoms with Crippen LogP contribution in [0.2, 0.25) is 5.02 Å². The van der Waals surface area contributed by atoms with E-state index in [9.17, 15) is 0 Å². The summed E-state index contributed by atoms with van der Waals surface area (Å²) in [6.45, 7) is 0. The van der Waals surface area contributed by atoms with Crippen LogP contribution in [0, 0.1) is 0 Å². The second-order valence-corrected chi connectivity index (χ2v) is 3.02. The summed E-state index contributed by atoms with van der Waals surface area (Å²) in [5, 5.41) is 2.27. The molecule has 0 radical (unpaired) electrons. The number of hydroxylamine groups is 2. The molecule has 3 nitrogen and oxygen atoms in total. The zero-order valence-electron chi connectivity index (χ0n) is 7.03. The van der Waals surface area contributed by atoms with Crippen molar-refractivity contribution in [2.24, 2.45) is 0 Å². The van der Waals surface area contributed by atoms with E-state index in [1.807, 2.05) is 30.5 Å². The lowest BCUT2D eigenvalue weighted by atomic mass is 10.2. The van der Waals surface area contributed by atoms with Crippen molar-refractivity contribution < 1.29 is 9.88 Å². The summed E-state index contributed by atoms with van der Waals surface area (Å²) in [7, 11) is 1.46. The Labute approximate surface area is 81.0 Å². The van der Waals surface area contributed by atoms with Crippen molar-refractivity contribution in [2.75, 3.05) is 7.11 Å². The maximum atomic E-state index is 5.75. The predicted molar refractivity (Wildman–Crippen MR) is 49.4 cm³/mol. The summed E-state index contributed by atoms with van der Waals surface area (Å²) in [5.74, 6) is 0. The van der Waals surface area contributed by atoms with E-state index in [1.165, 1.54) is 7.11 Å². The summed E-state index contributed by atoms with van der Waals surface area (Å²) >= 11 is 5.75. The first kappa shape index (κ1) is 8.56. The minimum absolute atomic E-state index is 0.726. The fraction of sp³-hybridized carbons (Fsp3) is 0.111. The molecule has 1 heterocycles. The van der Waals surface area contributed by atoms with Crippen molar-refractivity contribution in [1.82, 2.24) is 5.06 Å². The smallest absolute Gasteiger partial charge is 0.0980 e. The van der Waals surface area contributed by atoms with E-state index in [1.54, 1.807) is 5.06 Å². The van der Waals surface area contributed by atoms with Gasteiger partial charge in [-0.15, -0.1) is 4.99 Å². The molecule has 0 N–H and O–H groups in total. The average Bonchev–Trinajstić information content (AvgIpc) is 2.86. The molecule has 0 aromatic heterocycles. The molecule has 0 aliphatic carbocycles. The van der Waals surface area contributed by atoms with Crippen molar-refractivity contribution in [1.29, 1.82) is 0 Å². The van der Waals surface area contributed by atoms with Crippen LogP contribution in [0.4, 0.5) is 0 Å². The van der Waals surface area contributed by atoms with E-state index < -0.39 is 0 Å². The first-order chi connectivity index (χ1) is 6.31. The first-order valence-corrected chi connectivity index (χ1v) is 4.17. The van der Waals surface area contributed by atoms with Gasteiger partial charge < -0.3 is 0 Å². The van der Waals surface area contributed by atoms with E-state index >= 15 is 0 Å². The molecular formula is C9H8ClNO2. The SMILES string of the molecule is COON1C=C1c1ccc(Cl)cc1. The fourth-order valence-corrected chi connectivity index (χ4v) is 1.17. The Hall–Kier alpha value is -1.03. The Morgan fingerprint density at radius 3 is 2.54 bits per heavy atom. The van der Waals surface area contributed by atoms with Gasteiger partial charge in [-0.1, -0.05) is 23.7 Å². The van der Waals surface area contributed by atoms with Crippen LogP contribution >= 0.6 is 11.6 Å². The standard InChI is InChI=1S/C9H8ClNO2/c1-12-13-11-6-9(11)7-2-4-8(10)5-3-7/h2-6H,1H3. The fourth-order valence-electron chi connectivity index (χ4n) is 1.05. The van der Waals surface area contributed by atoms with Gasteiger partial charge in [0.25, 0.3) is 0 Å². The first-order valence-electron chi connectivity index (χ1n) is 3.79. The Balaban J connectivity index is 2.04. The third-order valence-electron chi connectivity index (χ3n) is 1.70. The molecule has 0 atom stereocenters. The maximum absolute atomic E-state index is 5.75. The second kappa shape index (κ2) is 3.38. The van der Waals surface area contributed by atoms with Crippen LogP contribution in [0.5, 0.6) is 0 Å². The van der Waals surface area contributed by atoms with Gasteiger partial charge in [-0.05, 0) is 12.1 Å². The molecule has 68 valence electrons. The molecule has 13 heavy (non-hydrogen) atoms. The van der Waals surface area contributed by atoms with Crippen molar-refractivity contribution >= 4 is 17.3 Å². The normalized spacial score (nSPS) is 14.3. The lowest BCUT2D eigenvalue weighted by Crippen LogP contribution is -1.99. The molecule has 4 heteroatoms. The number of halogens is 1. The molecule has 2 rings (SSSR count). The van der Waals surface area contributed by atoms with E-state index in [-0.39, 0.29) is 0 Å². The molecular weight excluding hydrogens is 190 g/mol. The molecule has 1 aliphatic heterocycles.